The summed E-state index contributed by atoms with van der Waals surface area (Å²) in [7, 11) is 0. The van der Waals surface area contributed by atoms with Crippen molar-refractivity contribution >= 4 is 5.97 Å². The lowest BCUT2D eigenvalue weighted by Gasteiger charge is -2.22. The number of rotatable bonds is 6. The first-order chi connectivity index (χ1) is 11.3. The Morgan fingerprint density at radius 3 is 2.71 bits per heavy atom. The molecule has 1 unspecified atom stereocenters. The number of aliphatic carboxylic acids is 1. The number of ether oxygens (including phenoxy) is 1. The van der Waals surface area contributed by atoms with Gasteiger partial charge in [-0.15, -0.1) is 0 Å². The molecule has 1 saturated heterocycles. The lowest BCUT2D eigenvalue weighted by molar-refractivity contribution is -0.153. The molecule has 24 heavy (non-hydrogen) atoms. The smallest absolute Gasteiger partial charge is 0.422 e. The Labute approximate surface area is 139 Å². The molecule has 0 aliphatic carbocycles. The van der Waals surface area contributed by atoms with Crippen LogP contribution in [0.4, 0.5) is 13.2 Å². The fraction of sp³-hybridized carbons (Fsp3) is 0.588. The second-order valence-corrected chi connectivity index (χ2v) is 6.18. The zero-order chi connectivity index (χ0) is 17.6. The second kappa shape index (κ2) is 8.37. The lowest BCUT2D eigenvalue weighted by atomic mass is 9.97. The summed E-state index contributed by atoms with van der Waals surface area (Å²) < 4.78 is 42.0. The van der Waals surface area contributed by atoms with Crippen LogP contribution in [0, 0.1) is 5.92 Å². The average Bonchev–Trinajstić information content (AvgIpc) is 2.70. The van der Waals surface area contributed by atoms with Gasteiger partial charge in [0.1, 0.15) is 5.75 Å². The van der Waals surface area contributed by atoms with Crippen LogP contribution in [0.3, 0.4) is 0 Å². The van der Waals surface area contributed by atoms with Gasteiger partial charge in [0.05, 0.1) is 0 Å². The molecule has 1 N–H and O–H groups in total. The van der Waals surface area contributed by atoms with Gasteiger partial charge in [-0.1, -0.05) is 18.2 Å². The van der Waals surface area contributed by atoms with E-state index in [0.717, 1.165) is 37.9 Å². The predicted molar refractivity (Wildman–Crippen MR) is 82.9 cm³/mol. The van der Waals surface area contributed by atoms with Crippen molar-refractivity contribution in [3.63, 3.8) is 0 Å². The monoisotopic (exact) mass is 345 g/mol. The van der Waals surface area contributed by atoms with Gasteiger partial charge >= 0.3 is 12.1 Å². The third kappa shape index (κ3) is 6.39. The van der Waals surface area contributed by atoms with Crippen molar-refractivity contribution in [1.29, 1.82) is 0 Å². The molecule has 0 amide bonds. The number of hydrogen-bond donors (Lipinski definition) is 1. The Hall–Kier alpha value is -1.76. The minimum absolute atomic E-state index is 0.171. The summed E-state index contributed by atoms with van der Waals surface area (Å²) in [6.45, 7) is 0.758. The Morgan fingerprint density at radius 1 is 1.25 bits per heavy atom. The molecule has 0 spiro atoms. The Morgan fingerprint density at radius 2 is 2.00 bits per heavy atom. The summed E-state index contributed by atoms with van der Waals surface area (Å²) in [6, 6.07) is 6.75. The van der Waals surface area contributed by atoms with Crippen LogP contribution in [0.25, 0.3) is 0 Å². The Balaban J connectivity index is 1.94. The molecule has 4 nitrogen and oxygen atoms in total. The molecule has 0 bridgehead atoms. The fourth-order valence-corrected chi connectivity index (χ4v) is 3.01. The topological polar surface area (TPSA) is 49.8 Å². The van der Waals surface area contributed by atoms with Crippen molar-refractivity contribution < 1.29 is 27.8 Å². The molecule has 0 saturated carbocycles. The number of alkyl halides is 3. The zero-order valence-corrected chi connectivity index (χ0v) is 13.4. The number of carboxylic acid groups (broad SMARTS) is 1. The summed E-state index contributed by atoms with van der Waals surface area (Å²) in [4.78, 5) is 13.0. The fourth-order valence-electron chi connectivity index (χ4n) is 3.01. The summed E-state index contributed by atoms with van der Waals surface area (Å²) in [6.07, 6.45) is -1.63. The highest BCUT2D eigenvalue weighted by Crippen LogP contribution is 2.26. The standard InChI is InChI=1S/C17H22F3NO3/c18-17(19,20)12-24-15-6-2-1-5-14(15)11-21-8-3-4-13(7-9-21)10-16(22)23/h1-2,5-6,13H,3-4,7-12H2,(H,22,23). The first kappa shape index (κ1) is 18.6. The molecule has 1 aromatic rings. The van der Waals surface area contributed by atoms with Crippen molar-refractivity contribution in [2.45, 2.75) is 38.4 Å². The lowest BCUT2D eigenvalue weighted by Crippen LogP contribution is -2.25. The molecular weight excluding hydrogens is 323 g/mol. The summed E-state index contributed by atoms with van der Waals surface area (Å²) in [5.41, 5.74) is 0.721. The first-order valence-corrected chi connectivity index (χ1v) is 8.05. The van der Waals surface area contributed by atoms with Crippen LogP contribution in [0.5, 0.6) is 5.75 Å². The maximum Gasteiger partial charge on any atom is 0.422 e. The van der Waals surface area contributed by atoms with Crippen molar-refractivity contribution in [3.05, 3.63) is 29.8 Å². The predicted octanol–water partition coefficient (Wildman–Crippen LogP) is 3.70. The van der Waals surface area contributed by atoms with Crippen LogP contribution in [0.1, 0.15) is 31.2 Å². The molecule has 134 valence electrons. The highest BCUT2D eigenvalue weighted by atomic mass is 19.4. The van der Waals surface area contributed by atoms with Gasteiger partial charge in [0.15, 0.2) is 6.61 Å². The SMILES string of the molecule is O=C(O)CC1CCCN(Cc2ccccc2OCC(F)(F)F)CC1. The third-order valence-electron chi connectivity index (χ3n) is 4.16. The number of hydrogen-bond acceptors (Lipinski definition) is 3. The minimum Gasteiger partial charge on any atom is -0.484 e. The van der Waals surface area contributed by atoms with E-state index in [2.05, 4.69) is 4.90 Å². The zero-order valence-electron chi connectivity index (χ0n) is 13.4. The summed E-state index contributed by atoms with van der Waals surface area (Å²) >= 11 is 0. The third-order valence-corrected chi connectivity index (χ3v) is 4.16. The second-order valence-electron chi connectivity index (χ2n) is 6.18. The quantitative estimate of drug-likeness (QED) is 0.854. The van der Waals surface area contributed by atoms with Gasteiger partial charge in [-0.2, -0.15) is 13.2 Å². The van der Waals surface area contributed by atoms with Gasteiger partial charge in [0.25, 0.3) is 0 Å². The molecule has 1 aromatic carbocycles. The van der Waals surface area contributed by atoms with E-state index < -0.39 is 18.8 Å². The van der Waals surface area contributed by atoms with Crippen LogP contribution in [0.15, 0.2) is 24.3 Å². The van der Waals surface area contributed by atoms with Crippen LogP contribution < -0.4 is 4.74 Å². The van der Waals surface area contributed by atoms with E-state index in [1.807, 2.05) is 0 Å². The van der Waals surface area contributed by atoms with E-state index in [9.17, 15) is 18.0 Å². The van der Waals surface area contributed by atoms with E-state index >= 15 is 0 Å². The molecule has 1 atom stereocenters. The molecular formula is C17H22F3NO3. The molecule has 1 aliphatic heterocycles. The van der Waals surface area contributed by atoms with Gasteiger partial charge in [-0.3, -0.25) is 9.69 Å². The van der Waals surface area contributed by atoms with E-state index in [4.69, 9.17) is 9.84 Å². The van der Waals surface area contributed by atoms with E-state index in [1.54, 1.807) is 24.3 Å². The maximum absolute atomic E-state index is 12.3. The van der Waals surface area contributed by atoms with Crippen LogP contribution >= 0.6 is 0 Å². The van der Waals surface area contributed by atoms with Crippen molar-refractivity contribution in [3.8, 4) is 5.75 Å². The maximum atomic E-state index is 12.3. The van der Waals surface area contributed by atoms with Crippen LogP contribution in [-0.2, 0) is 11.3 Å². The molecule has 0 radical (unpaired) electrons. The molecule has 1 fully saturated rings. The number of halogens is 3. The van der Waals surface area contributed by atoms with Crippen LogP contribution in [-0.4, -0.2) is 41.8 Å². The highest BCUT2D eigenvalue weighted by Gasteiger charge is 2.29. The number of benzene rings is 1. The normalized spacial score (nSPS) is 19.7. The summed E-state index contributed by atoms with van der Waals surface area (Å²) in [5.74, 6) is -0.357. The van der Waals surface area contributed by atoms with Crippen molar-refractivity contribution in [2.24, 2.45) is 5.92 Å². The van der Waals surface area contributed by atoms with E-state index in [-0.39, 0.29) is 18.1 Å². The highest BCUT2D eigenvalue weighted by molar-refractivity contribution is 5.67. The number of carboxylic acids is 1. The Kier molecular flexibility index (Phi) is 6.48. The van der Waals surface area contributed by atoms with E-state index in [1.165, 1.54) is 0 Å². The number of nitrogens with zero attached hydrogens (tertiary/aromatic N) is 1. The van der Waals surface area contributed by atoms with Gasteiger partial charge in [0, 0.05) is 18.5 Å². The van der Waals surface area contributed by atoms with E-state index in [0.29, 0.717) is 6.54 Å². The van der Waals surface area contributed by atoms with Crippen molar-refractivity contribution in [2.75, 3.05) is 19.7 Å². The molecule has 1 aliphatic rings. The first-order valence-electron chi connectivity index (χ1n) is 8.05. The number of likely N-dealkylation sites (tertiary alicyclic amines) is 1. The van der Waals surface area contributed by atoms with Gasteiger partial charge in [-0.05, 0) is 44.3 Å². The molecule has 1 heterocycles. The van der Waals surface area contributed by atoms with Gasteiger partial charge in [0.2, 0.25) is 0 Å². The van der Waals surface area contributed by atoms with Gasteiger partial charge in [-0.25, -0.2) is 0 Å². The largest absolute Gasteiger partial charge is 0.484 e. The Bertz CT molecular complexity index is 548. The number of para-hydroxylation sites is 1. The molecule has 0 aromatic heterocycles. The number of carbonyl (C=O) groups is 1. The average molecular weight is 345 g/mol. The van der Waals surface area contributed by atoms with Crippen LogP contribution in [0.2, 0.25) is 0 Å². The molecule has 2 rings (SSSR count). The summed E-state index contributed by atoms with van der Waals surface area (Å²) in [5, 5.41) is 8.90. The molecule has 7 heteroatoms. The minimum atomic E-state index is -4.36. The van der Waals surface area contributed by atoms with Crippen molar-refractivity contribution in [1.82, 2.24) is 4.90 Å². The van der Waals surface area contributed by atoms with Gasteiger partial charge < -0.3 is 9.84 Å².